The smallest absolute Gasteiger partial charge is 0.304 e. The van der Waals surface area contributed by atoms with Crippen LogP contribution in [0.2, 0.25) is 5.02 Å². The Labute approximate surface area is 169 Å². The summed E-state index contributed by atoms with van der Waals surface area (Å²) < 4.78 is 60.7. The van der Waals surface area contributed by atoms with Gasteiger partial charge in [0.15, 0.2) is 5.82 Å². The zero-order chi connectivity index (χ0) is 21.3. The van der Waals surface area contributed by atoms with Crippen LogP contribution in [0, 0.1) is 11.6 Å². The summed E-state index contributed by atoms with van der Waals surface area (Å²) in [7, 11) is -1.77. The molecule has 0 unspecified atom stereocenters. The standard InChI is InChI=1S/C17H13ClF2N4O4S/c1-24-16(14-11(19)4-3-5-12(14)20)21-15(22-24)17(25)23-29(26,27)13-8-9(28-2)6-7-10(13)18/h3-8H,1-2H3,(H,23,25). The molecule has 12 heteroatoms. The number of nitrogens with one attached hydrogen (secondary N) is 1. The van der Waals surface area contributed by atoms with Crippen LogP contribution in [0.3, 0.4) is 0 Å². The molecule has 0 saturated heterocycles. The van der Waals surface area contributed by atoms with Gasteiger partial charge in [0, 0.05) is 13.1 Å². The number of aromatic nitrogens is 3. The average Bonchev–Trinajstić information content (AvgIpc) is 3.03. The molecule has 8 nitrogen and oxygen atoms in total. The van der Waals surface area contributed by atoms with E-state index in [1.165, 1.54) is 32.4 Å². The van der Waals surface area contributed by atoms with E-state index in [1.807, 2.05) is 0 Å². The zero-order valence-electron chi connectivity index (χ0n) is 15.0. The van der Waals surface area contributed by atoms with E-state index < -0.39 is 43.8 Å². The summed E-state index contributed by atoms with van der Waals surface area (Å²) in [6, 6.07) is 7.06. The Morgan fingerprint density at radius 2 is 1.86 bits per heavy atom. The predicted molar refractivity (Wildman–Crippen MR) is 99.0 cm³/mol. The first kappa shape index (κ1) is 20.7. The molecule has 3 aromatic rings. The molecule has 0 saturated carbocycles. The fraction of sp³-hybridized carbons (Fsp3) is 0.118. The van der Waals surface area contributed by atoms with Gasteiger partial charge < -0.3 is 4.74 Å². The summed E-state index contributed by atoms with van der Waals surface area (Å²) in [6.45, 7) is 0. The maximum Gasteiger partial charge on any atom is 0.304 e. The molecule has 29 heavy (non-hydrogen) atoms. The maximum absolute atomic E-state index is 14.0. The first-order chi connectivity index (χ1) is 13.6. The van der Waals surface area contributed by atoms with Crippen molar-refractivity contribution in [2.75, 3.05) is 7.11 Å². The van der Waals surface area contributed by atoms with Crippen molar-refractivity contribution in [1.82, 2.24) is 19.5 Å². The SMILES string of the molecule is COc1ccc(Cl)c(S(=O)(=O)NC(=O)c2nc(-c3c(F)cccc3F)n(C)n2)c1. The number of ether oxygens (including phenoxy) is 1. The van der Waals surface area contributed by atoms with Gasteiger partial charge in [-0.05, 0) is 24.3 Å². The fourth-order valence-electron chi connectivity index (χ4n) is 2.45. The molecular formula is C17H13ClF2N4O4S. The molecule has 1 heterocycles. The number of sulfonamides is 1. The van der Waals surface area contributed by atoms with E-state index in [4.69, 9.17) is 16.3 Å². The fourth-order valence-corrected chi connectivity index (χ4v) is 3.91. The molecule has 0 atom stereocenters. The highest BCUT2D eigenvalue weighted by atomic mass is 35.5. The van der Waals surface area contributed by atoms with Crippen LogP contribution in [0.15, 0.2) is 41.3 Å². The highest BCUT2D eigenvalue weighted by Crippen LogP contribution is 2.27. The molecule has 0 bridgehead atoms. The monoisotopic (exact) mass is 442 g/mol. The number of benzene rings is 2. The number of hydrogen-bond acceptors (Lipinski definition) is 6. The minimum absolute atomic E-state index is 0.144. The molecule has 0 aliphatic carbocycles. The number of carbonyl (C=O) groups excluding carboxylic acids is 1. The van der Waals surface area contributed by atoms with E-state index in [2.05, 4.69) is 10.1 Å². The van der Waals surface area contributed by atoms with Gasteiger partial charge in [0.1, 0.15) is 22.3 Å². The van der Waals surface area contributed by atoms with Gasteiger partial charge in [-0.25, -0.2) is 31.6 Å². The molecule has 3 rings (SSSR count). The number of hydrogen-bond donors (Lipinski definition) is 1. The van der Waals surface area contributed by atoms with Crippen molar-refractivity contribution in [2.24, 2.45) is 7.05 Å². The minimum atomic E-state index is -4.40. The molecule has 0 radical (unpaired) electrons. The summed E-state index contributed by atoms with van der Waals surface area (Å²) in [6.07, 6.45) is 0. The number of aryl methyl sites for hydroxylation is 1. The highest BCUT2D eigenvalue weighted by Gasteiger charge is 2.26. The lowest BCUT2D eigenvalue weighted by Crippen LogP contribution is -2.31. The van der Waals surface area contributed by atoms with Crippen molar-refractivity contribution in [3.8, 4) is 17.1 Å². The normalized spacial score (nSPS) is 11.3. The first-order valence-electron chi connectivity index (χ1n) is 7.90. The number of amides is 1. The Morgan fingerprint density at radius 3 is 2.48 bits per heavy atom. The average molecular weight is 443 g/mol. The van der Waals surface area contributed by atoms with Gasteiger partial charge in [-0.1, -0.05) is 17.7 Å². The van der Waals surface area contributed by atoms with E-state index in [0.717, 1.165) is 22.9 Å². The van der Waals surface area contributed by atoms with Crippen LogP contribution >= 0.6 is 11.6 Å². The van der Waals surface area contributed by atoms with Gasteiger partial charge in [0.2, 0.25) is 5.82 Å². The molecule has 1 N–H and O–H groups in total. The maximum atomic E-state index is 14.0. The lowest BCUT2D eigenvalue weighted by molar-refractivity contribution is 0.0971. The molecule has 1 amide bonds. The predicted octanol–water partition coefficient (Wildman–Crippen LogP) is 2.54. The van der Waals surface area contributed by atoms with Crippen molar-refractivity contribution >= 4 is 27.5 Å². The quantitative estimate of drug-likeness (QED) is 0.651. The van der Waals surface area contributed by atoms with E-state index in [-0.39, 0.29) is 16.6 Å². The molecule has 152 valence electrons. The van der Waals surface area contributed by atoms with Gasteiger partial charge >= 0.3 is 5.91 Å². The zero-order valence-corrected chi connectivity index (χ0v) is 16.6. The number of halogens is 3. The van der Waals surface area contributed by atoms with Gasteiger partial charge in [0.25, 0.3) is 10.0 Å². The van der Waals surface area contributed by atoms with Gasteiger partial charge in [0.05, 0.1) is 17.7 Å². The third-order valence-corrected chi connectivity index (χ3v) is 5.62. The largest absolute Gasteiger partial charge is 0.497 e. The van der Waals surface area contributed by atoms with Crippen LogP contribution in [0.5, 0.6) is 5.75 Å². The summed E-state index contributed by atoms with van der Waals surface area (Å²) in [5, 5.41) is 3.60. The van der Waals surface area contributed by atoms with E-state index >= 15 is 0 Å². The summed E-state index contributed by atoms with van der Waals surface area (Å²) >= 11 is 5.91. The Morgan fingerprint density at radius 1 is 1.21 bits per heavy atom. The third kappa shape index (κ3) is 4.05. The van der Waals surface area contributed by atoms with E-state index in [9.17, 15) is 22.0 Å². The first-order valence-corrected chi connectivity index (χ1v) is 9.76. The van der Waals surface area contributed by atoms with E-state index in [0.29, 0.717) is 0 Å². The number of carbonyl (C=O) groups is 1. The summed E-state index contributed by atoms with van der Waals surface area (Å²) in [5.74, 6) is -3.72. The van der Waals surface area contributed by atoms with Crippen LogP contribution in [0.25, 0.3) is 11.4 Å². The molecule has 0 spiro atoms. The third-order valence-electron chi connectivity index (χ3n) is 3.81. The van der Waals surface area contributed by atoms with Gasteiger partial charge in [-0.2, -0.15) is 0 Å². The van der Waals surface area contributed by atoms with Crippen molar-refractivity contribution in [1.29, 1.82) is 0 Å². The second-order valence-electron chi connectivity index (χ2n) is 5.71. The molecule has 0 fully saturated rings. The van der Waals surface area contributed by atoms with Crippen LogP contribution < -0.4 is 9.46 Å². The number of rotatable bonds is 5. The van der Waals surface area contributed by atoms with Crippen molar-refractivity contribution in [3.63, 3.8) is 0 Å². The van der Waals surface area contributed by atoms with Crippen LogP contribution in [0.4, 0.5) is 8.78 Å². The summed E-state index contributed by atoms with van der Waals surface area (Å²) in [5.41, 5.74) is -0.500. The van der Waals surface area contributed by atoms with Gasteiger partial charge in [-0.15, -0.1) is 5.10 Å². The minimum Gasteiger partial charge on any atom is -0.497 e. The van der Waals surface area contributed by atoms with Crippen LogP contribution in [0.1, 0.15) is 10.6 Å². The van der Waals surface area contributed by atoms with Crippen LogP contribution in [-0.4, -0.2) is 36.2 Å². The lowest BCUT2D eigenvalue weighted by atomic mass is 10.2. The number of nitrogens with zero attached hydrogens (tertiary/aromatic N) is 3. The van der Waals surface area contributed by atoms with Gasteiger partial charge in [-0.3, -0.25) is 4.79 Å². The Balaban J connectivity index is 1.95. The molecular weight excluding hydrogens is 430 g/mol. The Kier molecular flexibility index (Phi) is 5.53. The molecule has 2 aromatic carbocycles. The second kappa shape index (κ2) is 7.76. The Hall–Kier alpha value is -3.05. The Bertz CT molecular complexity index is 1190. The van der Waals surface area contributed by atoms with Crippen molar-refractivity contribution in [2.45, 2.75) is 4.90 Å². The van der Waals surface area contributed by atoms with E-state index in [1.54, 1.807) is 4.72 Å². The molecule has 1 aromatic heterocycles. The topological polar surface area (TPSA) is 103 Å². The van der Waals surface area contributed by atoms with Crippen LogP contribution in [-0.2, 0) is 17.1 Å². The lowest BCUT2D eigenvalue weighted by Gasteiger charge is -2.08. The highest BCUT2D eigenvalue weighted by molar-refractivity contribution is 7.90. The molecule has 0 aliphatic rings. The second-order valence-corrected chi connectivity index (χ2v) is 7.77. The van der Waals surface area contributed by atoms with Crippen molar-refractivity contribution < 1.29 is 26.7 Å². The summed E-state index contributed by atoms with van der Waals surface area (Å²) in [4.78, 5) is 15.7. The van der Waals surface area contributed by atoms with Crippen molar-refractivity contribution in [3.05, 3.63) is 58.9 Å². The molecule has 0 aliphatic heterocycles. The number of methoxy groups -OCH3 is 1.